The molecule has 2 heterocycles. The van der Waals surface area contributed by atoms with Gasteiger partial charge in [-0.3, -0.25) is 4.79 Å². The second kappa shape index (κ2) is 7.41. The normalized spacial score (nSPS) is 17.3. The van der Waals surface area contributed by atoms with E-state index in [0.717, 1.165) is 37.6 Å². The molecule has 1 aromatic carbocycles. The summed E-state index contributed by atoms with van der Waals surface area (Å²) in [7, 11) is 1.57. The molecule has 2 aromatic rings. The monoisotopic (exact) mass is 352 g/mol. The van der Waals surface area contributed by atoms with Crippen LogP contribution in [0.2, 0.25) is 0 Å². The zero-order chi connectivity index (χ0) is 17.9. The summed E-state index contributed by atoms with van der Waals surface area (Å²) in [4.78, 5) is 22.4. The van der Waals surface area contributed by atoms with Crippen LogP contribution < -0.4 is 10.1 Å². The van der Waals surface area contributed by atoms with Gasteiger partial charge in [-0.25, -0.2) is 9.97 Å². The first-order valence-corrected chi connectivity index (χ1v) is 9.27. The molecule has 0 saturated heterocycles. The van der Waals surface area contributed by atoms with Crippen molar-refractivity contribution in [2.24, 2.45) is 5.92 Å². The van der Waals surface area contributed by atoms with E-state index in [9.17, 15) is 4.79 Å². The van der Waals surface area contributed by atoms with Gasteiger partial charge in [0.15, 0.2) is 0 Å². The Labute approximate surface area is 153 Å². The van der Waals surface area contributed by atoms with Gasteiger partial charge >= 0.3 is 0 Å². The topological polar surface area (TPSA) is 67.3 Å². The lowest BCUT2D eigenvalue weighted by Crippen LogP contribution is -2.28. The molecule has 6 heteroatoms. The number of carbonyl (C=O) groups excluding carboxylic acids is 1. The average Bonchev–Trinajstić information content (AvgIpc) is 3.50. The van der Waals surface area contributed by atoms with Crippen LogP contribution in [0.3, 0.4) is 0 Å². The van der Waals surface area contributed by atoms with E-state index in [0.29, 0.717) is 5.88 Å². The number of fused-ring (bicyclic) bond motifs is 1. The average molecular weight is 352 g/mol. The number of carbonyl (C=O) groups is 1. The Morgan fingerprint density at radius 3 is 2.69 bits per heavy atom. The van der Waals surface area contributed by atoms with Crippen molar-refractivity contribution in [3.8, 4) is 11.6 Å². The van der Waals surface area contributed by atoms with Crippen molar-refractivity contribution < 1.29 is 9.53 Å². The van der Waals surface area contributed by atoms with Gasteiger partial charge in [0.1, 0.15) is 11.4 Å². The molecule has 26 heavy (non-hydrogen) atoms. The van der Waals surface area contributed by atoms with E-state index in [4.69, 9.17) is 4.74 Å². The third-order valence-corrected chi connectivity index (χ3v) is 5.10. The Kier molecular flexibility index (Phi) is 4.84. The molecule has 1 aliphatic carbocycles. The van der Waals surface area contributed by atoms with Crippen LogP contribution in [0.1, 0.15) is 34.5 Å². The van der Waals surface area contributed by atoms with Crippen molar-refractivity contribution in [2.75, 3.05) is 26.7 Å². The van der Waals surface area contributed by atoms with Crippen LogP contribution in [-0.2, 0) is 12.8 Å². The van der Waals surface area contributed by atoms with E-state index in [2.05, 4.69) is 32.3 Å². The molecule has 0 atom stereocenters. The van der Waals surface area contributed by atoms with Crippen molar-refractivity contribution in [3.63, 3.8) is 0 Å². The van der Waals surface area contributed by atoms with Crippen LogP contribution in [0.4, 0.5) is 0 Å². The van der Waals surface area contributed by atoms with Gasteiger partial charge < -0.3 is 15.0 Å². The van der Waals surface area contributed by atoms with Crippen molar-refractivity contribution >= 4 is 5.91 Å². The summed E-state index contributed by atoms with van der Waals surface area (Å²) < 4.78 is 5.84. The van der Waals surface area contributed by atoms with Crippen molar-refractivity contribution in [1.82, 2.24) is 20.2 Å². The Morgan fingerprint density at radius 2 is 2.00 bits per heavy atom. The largest absolute Gasteiger partial charge is 0.437 e. The Balaban J connectivity index is 1.42. The second-order valence-corrected chi connectivity index (χ2v) is 7.10. The van der Waals surface area contributed by atoms with Gasteiger partial charge in [-0.1, -0.05) is 6.07 Å². The highest BCUT2D eigenvalue weighted by Gasteiger charge is 2.25. The molecule has 0 radical (unpaired) electrons. The lowest BCUT2D eigenvalue weighted by molar-refractivity contribution is 0.0957. The summed E-state index contributed by atoms with van der Waals surface area (Å²) in [5, 5.41) is 2.52. The molecule has 1 aromatic heterocycles. The van der Waals surface area contributed by atoms with Gasteiger partial charge in [-0.15, -0.1) is 0 Å². The first-order chi connectivity index (χ1) is 12.7. The molecule has 136 valence electrons. The molecule has 0 spiro atoms. The fourth-order valence-electron chi connectivity index (χ4n) is 3.39. The number of ether oxygens (including phenoxy) is 1. The van der Waals surface area contributed by atoms with Gasteiger partial charge in [0.2, 0.25) is 5.88 Å². The number of rotatable bonds is 5. The molecule has 1 fully saturated rings. The van der Waals surface area contributed by atoms with Gasteiger partial charge in [-0.2, -0.15) is 0 Å². The molecule has 1 amide bonds. The van der Waals surface area contributed by atoms with Crippen LogP contribution in [0.25, 0.3) is 0 Å². The minimum atomic E-state index is -0.259. The maximum Gasteiger partial charge on any atom is 0.271 e. The highest BCUT2D eigenvalue weighted by atomic mass is 16.5. The molecule has 1 aliphatic heterocycles. The maximum atomic E-state index is 11.5. The van der Waals surface area contributed by atoms with E-state index in [-0.39, 0.29) is 11.6 Å². The van der Waals surface area contributed by atoms with Crippen molar-refractivity contribution in [1.29, 1.82) is 0 Å². The SMILES string of the molecule is CNC(=O)c1cnc(Oc2ccc3c(c2)CCN(CC2CC2)CC3)cn1. The molecule has 0 unspecified atom stereocenters. The Morgan fingerprint density at radius 1 is 1.19 bits per heavy atom. The summed E-state index contributed by atoms with van der Waals surface area (Å²) in [6.07, 6.45) is 7.87. The third-order valence-electron chi connectivity index (χ3n) is 5.10. The van der Waals surface area contributed by atoms with E-state index in [1.807, 2.05) is 6.07 Å². The van der Waals surface area contributed by atoms with E-state index < -0.39 is 0 Å². The number of hydrogen-bond acceptors (Lipinski definition) is 5. The number of aromatic nitrogens is 2. The molecule has 0 bridgehead atoms. The molecule has 1 N–H and O–H groups in total. The number of benzene rings is 1. The molecular formula is C20H24N4O2. The minimum absolute atomic E-state index is 0.259. The van der Waals surface area contributed by atoms with E-state index >= 15 is 0 Å². The minimum Gasteiger partial charge on any atom is -0.437 e. The fourth-order valence-corrected chi connectivity index (χ4v) is 3.39. The summed E-state index contributed by atoms with van der Waals surface area (Å²) in [6, 6.07) is 6.27. The summed E-state index contributed by atoms with van der Waals surface area (Å²) in [5.74, 6) is 1.83. The fraction of sp³-hybridized carbons (Fsp3) is 0.450. The predicted molar refractivity (Wildman–Crippen MR) is 98.5 cm³/mol. The molecule has 1 saturated carbocycles. The summed E-state index contributed by atoms with van der Waals surface area (Å²) >= 11 is 0. The van der Waals surface area contributed by atoms with Gasteiger partial charge in [0.05, 0.1) is 12.4 Å². The highest BCUT2D eigenvalue weighted by Crippen LogP contribution is 2.31. The zero-order valence-electron chi connectivity index (χ0n) is 15.1. The van der Waals surface area contributed by atoms with E-state index in [1.54, 1.807) is 7.05 Å². The molecule has 6 nitrogen and oxygen atoms in total. The van der Waals surface area contributed by atoms with Crippen LogP contribution in [0.5, 0.6) is 11.6 Å². The van der Waals surface area contributed by atoms with E-state index in [1.165, 1.54) is 42.9 Å². The Bertz CT molecular complexity index is 787. The molecule has 2 aliphatic rings. The lowest BCUT2D eigenvalue weighted by Gasteiger charge is -2.18. The standard InChI is InChI=1S/C20H24N4O2/c1-21-20(25)18-11-23-19(12-22-18)26-17-5-4-15-6-8-24(13-14-2-3-14)9-7-16(15)10-17/h4-5,10-12,14H,2-3,6-9,13H2,1H3,(H,21,25). The van der Waals surface area contributed by atoms with Crippen LogP contribution in [-0.4, -0.2) is 47.5 Å². The lowest BCUT2D eigenvalue weighted by atomic mass is 10.0. The number of nitrogens with zero attached hydrogens (tertiary/aromatic N) is 3. The van der Waals surface area contributed by atoms with Gasteiger partial charge in [-0.05, 0) is 54.9 Å². The summed E-state index contributed by atoms with van der Waals surface area (Å²) in [5.41, 5.74) is 3.05. The zero-order valence-corrected chi connectivity index (χ0v) is 15.1. The smallest absolute Gasteiger partial charge is 0.271 e. The molecular weight excluding hydrogens is 328 g/mol. The van der Waals surface area contributed by atoms with Gasteiger partial charge in [0.25, 0.3) is 5.91 Å². The third kappa shape index (κ3) is 4.02. The number of hydrogen-bond donors (Lipinski definition) is 1. The van der Waals surface area contributed by atoms with Crippen LogP contribution >= 0.6 is 0 Å². The first-order valence-electron chi connectivity index (χ1n) is 9.27. The van der Waals surface area contributed by atoms with Crippen LogP contribution in [0, 0.1) is 5.92 Å². The number of nitrogens with one attached hydrogen (secondary N) is 1. The quantitative estimate of drug-likeness (QED) is 0.895. The van der Waals surface area contributed by atoms with Crippen molar-refractivity contribution in [2.45, 2.75) is 25.7 Å². The highest BCUT2D eigenvalue weighted by molar-refractivity contribution is 5.91. The summed E-state index contributed by atoms with van der Waals surface area (Å²) in [6.45, 7) is 3.52. The van der Waals surface area contributed by atoms with Crippen LogP contribution in [0.15, 0.2) is 30.6 Å². The molecule has 4 rings (SSSR count). The maximum absolute atomic E-state index is 11.5. The Hall–Kier alpha value is -2.47. The van der Waals surface area contributed by atoms with Gasteiger partial charge in [0, 0.05) is 26.7 Å². The number of amides is 1. The first kappa shape index (κ1) is 17.0. The van der Waals surface area contributed by atoms with Crippen molar-refractivity contribution in [3.05, 3.63) is 47.4 Å². The predicted octanol–water partition coefficient (Wildman–Crippen LogP) is 2.44. The second-order valence-electron chi connectivity index (χ2n) is 7.10.